The molecule has 0 aliphatic carbocycles. The Morgan fingerprint density at radius 1 is 1.00 bits per heavy atom. The van der Waals surface area contributed by atoms with E-state index in [0.29, 0.717) is 5.92 Å². The fraction of sp³-hybridized carbons (Fsp3) is 0.375. The Kier molecular flexibility index (Phi) is 4.43. The van der Waals surface area contributed by atoms with E-state index < -0.39 is 0 Å². The molecule has 1 aromatic heterocycles. The van der Waals surface area contributed by atoms with Gasteiger partial charge in [0.1, 0.15) is 0 Å². The number of nitrogens with one attached hydrogen (secondary N) is 1. The van der Waals surface area contributed by atoms with Crippen LogP contribution in [0.4, 0.5) is 5.69 Å². The van der Waals surface area contributed by atoms with Crippen molar-refractivity contribution in [2.45, 2.75) is 39.7 Å². The van der Waals surface area contributed by atoms with Crippen LogP contribution in [0.1, 0.15) is 42.0 Å². The monoisotopic (exact) mass is 259 g/mol. The summed E-state index contributed by atoms with van der Waals surface area (Å²) in [7, 11) is 0. The van der Waals surface area contributed by atoms with Gasteiger partial charge in [-0.1, -0.05) is 32.9 Å². The Morgan fingerprint density at radius 3 is 2.22 bits per heavy atom. The van der Waals surface area contributed by atoms with Crippen molar-refractivity contribution in [1.82, 2.24) is 0 Å². The highest BCUT2D eigenvalue weighted by Crippen LogP contribution is 2.20. The second kappa shape index (κ2) is 6.05. The van der Waals surface area contributed by atoms with Crippen LogP contribution in [0, 0.1) is 0 Å². The highest BCUT2D eigenvalue weighted by Gasteiger charge is 2.00. The maximum absolute atomic E-state index is 3.47. The molecule has 96 valence electrons. The molecule has 18 heavy (non-hydrogen) atoms. The average Bonchev–Trinajstić information content (AvgIpc) is 2.85. The fourth-order valence-corrected chi connectivity index (χ4v) is 2.78. The summed E-state index contributed by atoms with van der Waals surface area (Å²) in [6.45, 7) is 7.57. The van der Waals surface area contributed by atoms with Gasteiger partial charge in [-0.05, 0) is 42.2 Å². The number of hydrogen-bond donors (Lipinski definition) is 1. The minimum absolute atomic E-state index is 0.600. The molecule has 0 aliphatic rings. The highest BCUT2D eigenvalue weighted by atomic mass is 32.1. The Bertz CT molecular complexity index is 482. The second-order valence-corrected chi connectivity index (χ2v) is 6.10. The molecule has 0 spiro atoms. The molecule has 0 saturated carbocycles. The summed E-state index contributed by atoms with van der Waals surface area (Å²) in [5.41, 5.74) is 2.59. The molecule has 2 aromatic rings. The minimum atomic E-state index is 0.600. The number of hydrogen-bond acceptors (Lipinski definition) is 2. The quantitative estimate of drug-likeness (QED) is 0.792. The smallest absolute Gasteiger partial charge is 0.0494 e. The Balaban J connectivity index is 1.93. The molecule has 0 saturated heterocycles. The second-order valence-electron chi connectivity index (χ2n) is 4.85. The first-order valence-corrected chi connectivity index (χ1v) is 7.42. The average molecular weight is 259 g/mol. The maximum Gasteiger partial charge on any atom is 0.0494 e. The molecule has 2 rings (SSSR count). The third-order valence-corrected chi connectivity index (χ3v) is 4.34. The summed E-state index contributed by atoms with van der Waals surface area (Å²) in [5, 5.41) is 3.47. The summed E-state index contributed by atoms with van der Waals surface area (Å²) in [5.74, 6) is 0.600. The predicted molar refractivity (Wildman–Crippen MR) is 81.6 cm³/mol. The van der Waals surface area contributed by atoms with Gasteiger partial charge < -0.3 is 5.32 Å². The molecule has 1 N–H and O–H groups in total. The lowest BCUT2D eigenvalue weighted by atomic mass is 10.0. The molecule has 1 heterocycles. The normalized spacial score (nSPS) is 10.9. The van der Waals surface area contributed by atoms with Gasteiger partial charge in [-0.3, -0.25) is 0 Å². The van der Waals surface area contributed by atoms with E-state index in [0.717, 1.165) is 13.0 Å². The van der Waals surface area contributed by atoms with Crippen LogP contribution >= 0.6 is 11.3 Å². The first kappa shape index (κ1) is 13.2. The third-order valence-electron chi connectivity index (χ3n) is 3.11. The van der Waals surface area contributed by atoms with Crippen molar-refractivity contribution in [3.05, 3.63) is 51.7 Å². The van der Waals surface area contributed by atoms with Crippen molar-refractivity contribution >= 4 is 17.0 Å². The number of anilines is 1. The molecule has 0 amide bonds. The molecule has 0 aliphatic heterocycles. The van der Waals surface area contributed by atoms with Gasteiger partial charge in [-0.2, -0.15) is 0 Å². The van der Waals surface area contributed by atoms with Gasteiger partial charge in [0.05, 0.1) is 0 Å². The lowest BCUT2D eigenvalue weighted by Crippen LogP contribution is -1.97. The molecule has 1 nitrogen and oxygen atoms in total. The zero-order valence-corrected chi connectivity index (χ0v) is 12.2. The van der Waals surface area contributed by atoms with E-state index in [1.165, 1.54) is 21.0 Å². The summed E-state index contributed by atoms with van der Waals surface area (Å²) >= 11 is 1.90. The van der Waals surface area contributed by atoms with Crippen LogP contribution in [0.25, 0.3) is 0 Å². The first-order valence-electron chi connectivity index (χ1n) is 6.60. The van der Waals surface area contributed by atoms with Crippen molar-refractivity contribution in [1.29, 1.82) is 0 Å². The molecular weight excluding hydrogens is 238 g/mol. The van der Waals surface area contributed by atoms with Gasteiger partial charge in [0.15, 0.2) is 0 Å². The van der Waals surface area contributed by atoms with Crippen molar-refractivity contribution in [2.24, 2.45) is 0 Å². The molecule has 0 fully saturated rings. The fourth-order valence-electron chi connectivity index (χ4n) is 1.88. The maximum atomic E-state index is 3.47. The van der Waals surface area contributed by atoms with E-state index in [9.17, 15) is 0 Å². The van der Waals surface area contributed by atoms with E-state index in [1.807, 2.05) is 11.3 Å². The van der Waals surface area contributed by atoms with Gasteiger partial charge in [0.2, 0.25) is 0 Å². The van der Waals surface area contributed by atoms with E-state index in [4.69, 9.17) is 0 Å². The Labute approximate surface area is 114 Å². The van der Waals surface area contributed by atoms with Gasteiger partial charge in [-0.15, -0.1) is 11.3 Å². The van der Waals surface area contributed by atoms with Crippen LogP contribution in [-0.2, 0) is 13.0 Å². The summed E-state index contributed by atoms with van der Waals surface area (Å²) in [6, 6.07) is 13.2. The topological polar surface area (TPSA) is 12.0 Å². The van der Waals surface area contributed by atoms with Gasteiger partial charge in [0.25, 0.3) is 0 Å². The lowest BCUT2D eigenvalue weighted by molar-refractivity contribution is 0.867. The zero-order valence-electron chi connectivity index (χ0n) is 11.4. The molecule has 0 bridgehead atoms. The van der Waals surface area contributed by atoms with Gasteiger partial charge in [-0.25, -0.2) is 0 Å². The summed E-state index contributed by atoms with van der Waals surface area (Å²) in [4.78, 5) is 2.86. The van der Waals surface area contributed by atoms with E-state index in [-0.39, 0.29) is 0 Å². The molecule has 2 heteroatoms. The standard InChI is InChI=1S/C16H21NS/c1-4-15-9-10-16(18-15)11-17-14-7-5-13(6-8-14)12(2)3/h5-10,12,17H,4,11H2,1-3H3. The van der Waals surface area contributed by atoms with E-state index in [2.05, 4.69) is 62.5 Å². The van der Waals surface area contributed by atoms with Gasteiger partial charge in [0, 0.05) is 22.0 Å². The predicted octanol–water partition coefficient (Wildman–Crippen LogP) is 5.05. The molecule has 0 unspecified atom stereocenters. The van der Waals surface area contributed by atoms with Crippen molar-refractivity contribution in [2.75, 3.05) is 5.32 Å². The van der Waals surface area contributed by atoms with Crippen molar-refractivity contribution in [3.63, 3.8) is 0 Å². The number of benzene rings is 1. The van der Waals surface area contributed by atoms with Crippen LogP contribution in [0.15, 0.2) is 36.4 Å². The van der Waals surface area contributed by atoms with E-state index >= 15 is 0 Å². The van der Waals surface area contributed by atoms with E-state index in [1.54, 1.807) is 0 Å². The SMILES string of the molecule is CCc1ccc(CNc2ccc(C(C)C)cc2)s1. The Hall–Kier alpha value is -1.28. The largest absolute Gasteiger partial charge is 0.380 e. The van der Waals surface area contributed by atoms with Crippen LogP contribution in [-0.4, -0.2) is 0 Å². The van der Waals surface area contributed by atoms with Gasteiger partial charge >= 0.3 is 0 Å². The van der Waals surface area contributed by atoms with Crippen LogP contribution < -0.4 is 5.32 Å². The number of rotatable bonds is 5. The van der Waals surface area contributed by atoms with Crippen molar-refractivity contribution in [3.8, 4) is 0 Å². The highest BCUT2D eigenvalue weighted by molar-refractivity contribution is 7.12. The minimum Gasteiger partial charge on any atom is -0.380 e. The summed E-state index contributed by atoms with van der Waals surface area (Å²) in [6.07, 6.45) is 1.13. The number of thiophene rings is 1. The van der Waals surface area contributed by atoms with Crippen LogP contribution in [0.5, 0.6) is 0 Å². The zero-order chi connectivity index (χ0) is 13.0. The number of aryl methyl sites for hydroxylation is 1. The van der Waals surface area contributed by atoms with Crippen LogP contribution in [0.2, 0.25) is 0 Å². The van der Waals surface area contributed by atoms with Crippen molar-refractivity contribution < 1.29 is 0 Å². The molecule has 1 aromatic carbocycles. The summed E-state index contributed by atoms with van der Waals surface area (Å²) < 4.78 is 0. The lowest BCUT2D eigenvalue weighted by Gasteiger charge is -2.08. The Morgan fingerprint density at radius 2 is 1.67 bits per heavy atom. The molecule has 0 atom stereocenters. The molecule has 0 radical (unpaired) electrons. The first-order chi connectivity index (χ1) is 8.69. The third kappa shape index (κ3) is 3.36. The van der Waals surface area contributed by atoms with Crippen LogP contribution in [0.3, 0.4) is 0 Å². The molecular formula is C16H21NS.